The van der Waals surface area contributed by atoms with Crippen molar-refractivity contribution in [2.24, 2.45) is 5.92 Å². The van der Waals surface area contributed by atoms with E-state index in [1.54, 1.807) is 7.11 Å². The highest BCUT2D eigenvalue weighted by atomic mass is 16.5. The first-order valence-electron chi connectivity index (χ1n) is 6.01. The Kier molecular flexibility index (Phi) is 5.33. The van der Waals surface area contributed by atoms with Gasteiger partial charge in [0.15, 0.2) is 0 Å². The topological polar surface area (TPSA) is 21.3 Å². The molecule has 0 spiro atoms. The standard InChI is InChI=1S/C14H23NO/c1-5-12-7-6-8-13(9-12)15-14(10-16-4)11(2)3/h6-9,11,14-15H,5,10H2,1-4H3. The Labute approximate surface area is 99.0 Å². The average Bonchev–Trinajstić information content (AvgIpc) is 2.28. The Morgan fingerprint density at radius 3 is 2.62 bits per heavy atom. The van der Waals surface area contributed by atoms with Crippen molar-refractivity contribution in [3.05, 3.63) is 29.8 Å². The summed E-state index contributed by atoms with van der Waals surface area (Å²) < 4.78 is 5.23. The van der Waals surface area contributed by atoms with E-state index in [1.807, 2.05) is 0 Å². The van der Waals surface area contributed by atoms with Crippen molar-refractivity contribution in [1.29, 1.82) is 0 Å². The highest BCUT2D eigenvalue weighted by Gasteiger charge is 2.12. The molecule has 1 unspecified atom stereocenters. The number of anilines is 1. The third-order valence-corrected chi connectivity index (χ3v) is 2.84. The summed E-state index contributed by atoms with van der Waals surface area (Å²) in [5.74, 6) is 0.560. The van der Waals surface area contributed by atoms with Gasteiger partial charge in [-0.15, -0.1) is 0 Å². The van der Waals surface area contributed by atoms with E-state index in [2.05, 4.69) is 50.4 Å². The molecule has 2 nitrogen and oxygen atoms in total. The smallest absolute Gasteiger partial charge is 0.0666 e. The van der Waals surface area contributed by atoms with E-state index < -0.39 is 0 Å². The van der Waals surface area contributed by atoms with Crippen molar-refractivity contribution in [3.63, 3.8) is 0 Å². The Morgan fingerprint density at radius 2 is 2.06 bits per heavy atom. The fourth-order valence-electron chi connectivity index (χ4n) is 1.68. The van der Waals surface area contributed by atoms with Gasteiger partial charge in [-0.25, -0.2) is 0 Å². The summed E-state index contributed by atoms with van der Waals surface area (Å²) in [6, 6.07) is 8.96. The van der Waals surface area contributed by atoms with Crippen LogP contribution in [0.25, 0.3) is 0 Å². The first-order valence-corrected chi connectivity index (χ1v) is 6.01. The van der Waals surface area contributed by atoms with E-state index in [0.29, 0.717) is 12.0 Å². The maximum absolute atomic E-state index is 5.23. The highest BCUT2D eigenvalue weighted by Crippen LogP contribution is 2.15. The molecule has 0 fully saturated rings. The largest absolute Gasteiger partial charge is 0.383 e. The van der Waals surface area contributed by atoms with Crippen LogP contribution in [0, 0.1) is 5.92 Å². The second-order valence-electron chi connectivity index (χ2n) is 4.50. The number of benzene rings is 1. The normalized spacial score (nSPS) is 12.8. The number of rotatable bonds is 6. The molecule has 0 aliphatic rings. The van der Waals surface area contributed by atoms with Gasteiger partial charge in [0.1, 0.15) is 0 Å². The summed E-state index contributed by atoms with van der Waals surface area (Å²) in [5, 5.41) is 3.53. The maximum atomic E-state index is 5.23. The van der Waals surface area contributed by atoms with Crippen molar-refractivity contribution in [1.82, 2.24) is 0 Å². The molecule has 0 radical (unpaired) electrons. The lowest BCUT2D eigenvalue weighted by Crippen LogP contribution is -2.30. The Hall–Kier alpha value is -1.02. The van der Waals surface area contributed by atoms with E-state index in [-0.39, 0.29) is 0 Å². The summed E-state index contributed by atoms with van der Waals surface area (Å²) >= 11 is 0. The molecule has 0 saturated heterocycles. The van der Waals surface area contributed by atoms with Crippen LogP contribution in [0.15, 0.2) is 24.3 Å². The van der Waals surface area contributed by atoms with Gasteiger partial charge in [-0.1, -0.05) is 32.9 Å². The third kappa shape index (κ3) is 3.86. The van der Waals surface area contributed by atoms with Crippen LogP contribution < -0.4 is 5.32 Å². The van der Waals surface area contributed by atoms with Crippen molar-refractivity contribution >= 4 is 5.69 Å². The van der Waals surface area contributed by atoms with Crippen LogP contribution in [0.4, 0.5) is 5.69 Å². The first-order chi connectivity index (χ1) is 7.67. The van der Waals surface area contributed by atoms with Crippen LogP contribution in [0.3, 0.4) is 0 Å². The number of aryl methyl sites for hydroxylation is 1. The quantitative estimate of drug-likeness (QED) is 0.795. The number of hydrogen-bond donors (Lipinski definition) is 1. The van der Waals surface area contributed by atoms with E-state index in [0.717, 1.165) is 13.0 Å². The van der Waals surface area contributed by atoms with Gasteiger partial charge in [0.2, 0.25) is 0 Å². The van der Waals surface area contributed by atoms with Gasteiger partial charge in [-0.3, -0.25) is 0 Å². The molecule has 0 aromatic heterocycles. The zero-order valence-corrected chi connectivity index (χ0v) is 10.8. The fourth-order valence-corrected chi connectivity index (χ4v) is 1.68. The van der Waals surface area contributed by atoms with Crippen LogP contribution in [-0.2, 0) is 11.2 Å². The molecule has 90 valence electrons. The molecule has 2 heteroatoms. The van der Waals surface area contributed by atoms with Gasteiger partial charge in [0.25, 0.3) is 0 Å². The minimum Gasteiger partial charge on any atom is -0.383 e. The number of nitrogens with one attached hydrogen (secondary N) is 1. The fraction of sp³-hybridized carbons (Fsp3) is 0.571. The second-order valence-corrected chi connectivity index (χ2v) is 4.50. The van der Waals surface area contributed by atoms with Gasteiger partial charge >= 0.3 is 0 Å². The Bertz CT molecular complexity index is 309. The van der Waals surface area contributed by atoms with Crippen molar-refractivity contribution in [3.8, 4) is 0 Å². The van der Waals surface area contributed by atoms with Gasteiger partial charge < -0.3 is 10.1 Å². The lowest BCUT2D eigenvalue weighted by molar-refractivity contribution is 0.171. The Morgan fingerprint density at radius 1 is 1.31 bits per heavy atom. The summed E-state index contributed by atoms with van der Waals surface area (Å²) in [4.78, 5) is 0. The minimum atomic E-state index is 0.372. The zero-order chi connectivity index (χ0) is 12.0. The minimum absolute atomic E-state index is 0.372. The molecule has 0 bridgehead atoms. The molecular formula is C14H23NO. The van der Waals surface area contributed by atoms with Gasteiger partial charge in [-0.2, -0.15) is 0 Å². The van der Waals surface area contributed by atoms with E-state index in [1.165, 1.54) is 11.3 Å². The van der Waals surface area contributed by atoms with Gasteiger partial charge in [0, 0.05) is 12.8 Å². The third-order valence-electron chi connectivity index (χ3n) is 2.84. The lowest BCUT2D eigenvalue weighted by Gasteiger charge is -2.23. The predicted octanol–water partition coefficient (Wildman–Crippen LogP) is 3.33. The maximum Gasteiger partial charge on any atom is 0.0666 e. The summed E-state index contributed by atoms with van der Waals surface area (Å²) in [7, 11) is 1.75. The van der Waals surface area contributed by atoms with Crippen LogP contribution >= 0.6 is 0 Å². The average molecular weight is 221 g/mol. The van der Waals surface area contributed by atoms with Gasteiger partial charge in [0.05, 0.1) is 12.6 Å². The molecular weight excluding hydrogens is 198 g/mol. The van der Waals surface area contributed by atoms with Crippen LogP contribution in [0.5, 0.6) is 0 Å². The molecule has 1 N–H and O–H groups in total. The molecule has 1 atom stereocenters. The summed E-state index contributed by atoms with van der Waals surface area (Å²) in [6.45, 7) is 7.34. The van der Waals surface area contributed by atoms with Gasteiger partial charge in [-0.05, 0) is 30.0 Å². The van der Waals surface area contributed by atoms with Crippen molar-refractivity contribution < 1.29 is 4.74 Å². The number of ether oxygens (including phenoxy) is 1. The zero-order valence-electron chi connectivity index (χ0n) is 10.8. The molecule has 0 aliphatic carbocycles. The van der Waals surface area contributed by atoms with E-state index in [4.69, 9.17) is 4.74 Å². The predicted molar refractivity (Wildman–Crippen MR) is 69.9 cm³/mol. The van der Waals surface area contributed by atoms with Crippen molar-refractivity contribution in [2.75, 3.05) is 19.0 Å². The lowest BCUT2D eigenvalue weighted by atomic mass is 10.0. The monoisotopic (exact) mass is 221 g/mol. The molecule has 0 saturated carbocycles. The summed E-state index contributed by atoms with van der Waals surface area (Å²) in [6.07, 6.45) is 1.08. The number of methoxy groups -OCH3 is 1. The molecule has 0 aliphatic heterocycles. The number of hydrogen-bond acceptors (Lipinski definition) is 2. The molecule has 0 amide bonds. The first kappa shape index (κ1) is 13.0. The molecule has 0 heterocycles. The van der Waals surface area contributed by atoms with Crippen molar-refractivity contribution in [2.45, 2.75) is 33.2 Å². The molecule has 1 aromatic rings. The molecule has 16 heavy (non-hydrogen) atoms. The summed E-state index contributed by atoms with van der Waals surface area (Å²) in [5.41, 5.74) is 2.56. The van der Waals surface area contributed by atoms with Crippen LogP contribution in [0.1, 0.15) is 26.3 Å². The van der Waals surface area contributed by atoms with Crippen LogP contribution in [0.2, 0.25) is 0 Å². The van der Waals surface area contributed by atoms with E-state index in [9.17, 15) is 0 Å². The Balaban J connectivity index is 2.68. The van der Waals surface area contributed by atoms with Crippen LogP contribution in [-0.4, -0.2) is 19.8 Å². The highest BCUT2D eigenvalue weighted by molar-refractivity contribution is 5.46. The SMILES string of the molecule is CCc1cccc(NC(COC)C(C)C)c1. The molecule has 1 rings (SSSR count). The van der Waals surface area contributed by atoms with E-state index >= 15 is 0 Å². The second kappa shape index (κ2) is 6.54. The molecule has 1 aromatic carbocycles.